The number of nitro groups is 1. The summed E-state index contributed by atoms with van der Waals surface area (Å²) in [5.41, 5.74) is 5.62. The lowest BCUT2D eigenvalue weighted by molar-refractivity contribution is -0.384. The Morgan fingerprint density at radius 2 is 1.88 bits per heavy atom. The number of rotatable bonds is 3. The third kappa shape index (κ3) is 1.44. The van der Waals surface area contributed by atoms with Crippen molar-refractivity contribution in [1.82, 2.24) is 0 Å². The van der Waals surface area contributed by atoms with Gasteiger partial charge in [-0.3, -0.25) is 14.9 Å². The van der Waals surface area contributed by atoms with Gasteiger partial charge in [0, 0.05) is 12.1 Å². The van der Waals surface area contributed by atoms with Crippen LogP contribution in [0.15, 0.2) is 24.3 Å². The highest BCUT2D eigenvalue weighted by atomic mass is 16.6. The molecule has 2 N–H and O–H groups in total. The minimum absolute atomic E-state index is 0.0303. The van der Waals surface area contributed by atoms with Gasteiger partial charge in [0.1, 0.15) is 0 Å². The third-order valence-corrected chi connectivity index (χ3v) is 3.31. The van der Waals surface area contributed by atoms with Crippen LogP contribution in [0.2, 0.25) is 0 Å². The Balaban J connectivity index is 2.34. The number of nitrogens with two attached hydrogens (primary N) is 1. The van der Waals surface area contributed by atoms with E-state index in [1.165, 1.54) is 12.1 Å². The molecular formula is C11H12N2O3. The number of hydrogen-bond donors (Lipinski definition) is 1. The Morgan fingerprint density at radius 3 is 2.19 bits per heavy atom. The van der Waals surface area contributed by atoms with Gasteiger partial charge in [-0.15, -0.1) is 0 Å². The van der Waals surface area contributed by atoms with Crippen LogP contribution in [0.5, 0.6) is 0 Å². The summed E-state index contributed by atoms with van der Waals surface area (Å²) in [5.74, 6) is -0.340. The Labute approximate surface area is 92.4 Å². The molecule has 16 heavy (non-hydrogen) atoms. The van der Waals surface area contributed by atoms with Crippen LogP contribution in [0.25, 0.3) is 0 Å². The topological polar surface area (TPSA) is 86.2 Å². The quantitative estimate of drug-likeness (QED) is 0.618. The van der Waals surface area contributed by atoms with Gasteiger partial charge in [0.05, 0.1) is 10.3 Å². The van der Waals surface area contributed by atoms with Crippen molar-refractivity contribution in [3.05, 3.63) is 39.9 Å². The number of amides is 1. The Bertz CT molecular complexity index is 435. The highest BCUT2D eigenvalue weighted by Gasteiger charge is 2.44. The number of carbonyl (C=O) groups is 1. The predicted molar refractivity (Wildman–Crippen MR) is 57.8 cm³/mol. The van der Waals surface area contributed by atoms with Crippen LogP contribution in [0.1, 0.15) is 24.8 Å². The summed E-state index contributed by atoms with van der Waals surface area (Å²) in [7, 11) is 0. The zero-order valence-corrected chi connectivity index (χ0v) is 8.68. The first-order chi connectivity index (χ1) is 7.56. The smallest absolute Gasteiger partial charge is 0.269 e. The Hall–Kier alpha value is -1.91. The van der Waals surface area contributed by atoms with Crippen LogP contribution < -0.4 is 5.73 Å². The lowest BCUT2D eigenvalue weighted by Crippen LogP contribution is -2.46. The van der Waals surface area contributed by atoms with Crippen molar-refractivity contribution >= 4 is 11.6 Å². The van der Waals surface area contributed by atoms with E-state index in [1.807, 2.05) is 0 Å². The molecule has 5 nitrogen and oxygen atoms in total. The molecule has 5 heteroatoms. The second kappa shape index (κ2) is 3.59. The highest BCUT2D eigenvalue weighted by Crippen LogP contribution is 2.43. The normalized spacial score (nSPS) is 17.5. The van der Waals surface area contributed by atoms with Crippen molar-refractivity contribution < 1.29 is 9.72 Å². The first kappa shape index (κ1) is 10.6. The number of nitro benzene ring substituents is 1. The molecule has 0 saturated heterocycles. The van der Waals surface area contributed by atoms with E-state index in [9.17, 15) is 14.9 Å². The second-order valence-corrected chi connectivity index (χ2v) is 4.10. The summed E-state index contributed by atoms with van der Waals surface area (Å²) in [5, 5.41) is 10.5. The second-order valence-electron chi connectivity index (χ2n) is 4.10. The molecule has 84 valence electrons. The molecule has 0 bridgehead atoms. The minimum Gasteiger partial charge on any atom is -0.369 e. The molecule has 0 aliphatic heterocycles. The maximum atomic E-state index is 11.4. The average molecular weight is 220 g/mol. The van der Waals surface area contributed by atoms with Gasteiger partial charge < -0.3 is 5.73 Å². The fraction of sp³-hybridized carbons (Fsp3) is 0.364. The monoisotopic (exact) mass is 220 g/mol. The van der Waals surface area contributed by atoms with Crippen LogP contribution in [0.3, 0.4) is 0 Å². The van der Waals surface area contributed by atoms with Crippen LogP contribution >= 0.6 is 0 Å². The third-order valence-electron chi connectivity index (χ3n) is 3.31. The lowest BCUT2D eigenvalue weighted by Gasteiger charge is -2.39. The van der Waals surface area contributed by atoms with E-state index in [-0.39, 0.29) is 11.6 Å². The average Bonchev–Trinajstić information content (AvgIpc) is 2.16. The summed E-state index contributed by atoms with van der Waals surface area (Å²) in [4.78, 5) is 21.4. The molecule has 1 amide bonds. The number of non-ortho nitro benzene ring substituents is 1. The molecule has 1 aliphatic rings. The van der Waals surface area contributed by atoms with Crippen molar-refractivity contribution in [2.24, 2.45) is 5.73 Å². The van der Waals surface area contributed by atoms with E-state index in [2.05, 4.69) is 0 Å². The van der Waals surface area contributed by atoms with Crippen LogP contribution in [-0.4, -0.2) is 10.8 Å². The summed E-state index contributed by atoms with van der Waals surface area (Å²) in [6.45, 7) is 0. The summed E-state index contributed by atoms with van der Waals surface area (Å²) >= 11 is 0. The first-order valence-corrected chi connectivity index (χ1v) is 5.11. The highest BCUT2D eigenvalue weighted by molar-refractivity contribution is 5.87. The standard InChI is InChI=1S/C11H12N2O3/c12-10(14)11(6-1-7-11)8-2-4-9(5-3-8)13(15)16/h2-5H,1,6-7H2,(H2,12,14). The van der Waals surface area contributed by atoms with E-state index in [0.717, 1.165) is 24.8 Å². The SMILES string of the molecule is NC(=O)C1(c2ccc([N+](=O)[O-])cc2)CCC1. The molecule has 0 heterocycles. The van der Waals surface area contributed by atoms with Gasteiger partial charge in [0.25, 0.3) is 5.69 Å². The largest absolute Gasteiger partial charge is 0.369 e. The summed E-state index contributed by atoms with van der Waals surface area (Å²) in [6, 6.07) is 6.08. The Morgan fingerprint density at radius 1 is 1.31 bits per heavy atom. The minimum atomic E-state index is -0.588. The zero-order chi connectivity index (χ0) is 11.8. The van der Waals surface area contributed by atoms with E-state index in [1.54, 1.807) is 12.1 Å². The maximum absolute atomic E-state index is 11.4. The molecule has 0 aromatic heterocycles. The number of primary amides is 1. The molecule has 0 unspecified atom stereocenters. The summed E-state index contributed by atoms with van der Waals surface area (Å²) in [6.07, 6.45) is 2.44. The van der Waals surface area contributed by atoms with Crippen molar-refractivity contribution in [3.63, 3.8) is 0 Å². The molecule has 0 spiro atoms. The van der Waals surface area contributed by atoms with Gasteiger partial charge in [-0.1, -0.05) is 18.6 Å². The fourth-order valence-corrected chi connectivity index (χ4v) is 2.11. The van der Waals surface area contributed by atoms with E-state index >= 15 is 0 Å². The predicted octanol–water partition coefficient (Wildman–Crippen LogP) is 1.50. The number of benzene rings is 1. The van der Waals surface area contributed by atoms with Gasteiger partial charge in [-0.05, 0) is 18.4 Å². The van der Waals surface area contributed by atoms with Crippen LogP contribution in [0, 0.1) is 10.1 Å². The molecule has 0 radical (unpaired) electrons. The molecule has 1 aromatic rings. The number of hydrogen-bond acceptors (Lipinski definition) is 3. The van der Waals surface area contributed by atoms with Crippen molar-refractivity contribution in [3.8, 4) is 0 Å². The maximum Gasteiger partial charge on any atom is 0.269 e. The Kier molecular flexibility index (Phi) is 2.38. The molecule has 0 atom stereocenters. The van der Waals surface area contributed by atoms with Gasteiger partial charge >= 0.3 is 0 Å². The molecular weight excluding hydrogens is 208 g/mol. The fourth-order valence-electron chi connectivity index (χ4n) is 2.11. The molecule has 2 rings (SSSR count). The van der Waals surface area contributed by atoms with Crippen LogP contribution in [-0.2, 0) is 10.2 Å². The van der Waals surface area contributed by atoms with Gasteiger partial charge in [0.15, 0.2) is 0 Å². The molecule has 1 fully saturated rings. The van der Waals surface area contributed by atoms with Crippen molar-refractivity contribution in [2.75, 3.05) is 0 Å². The number of carbonyl (C=O) groups excluding carboxylic acids is 1. The van der Waals surface area contributed by atoms with Gasteiger partial charge in [-0.25, -0.2) is 0 Å². The van der Waals surface area contributed by atoms with E-state index < -0.39 is 10.3 Å². The van der Waals surface area contributed by atoms with Gasteiger partial charge in [0.2, 0.25) is 5.91 Å². The molecule has 1 aromatic carbocycles. The van der Waals surface area contributed by atoms with Crippen molar-refractivity contribution in [2.45, 2.75) is 24.7 Å². The number of nitrogens with zero attached hydrogens (tertiary/aromatic N) is 1. The zero-order valence-electron chi connectivity index (χ0n) is 8.68. The van der Waals surface area contributed by atoms with Crippen LogP contribution in [0.4, 0.5) is 5.69 Å². The molecule has 1 saturated carbocycles. The van der Waals surface area contributed by atoms with Gasteiger partial charge in [-0.2, -0.15) is 0 Å². The van der Waals surface area contributed by atoms with E-state index in [4.69, 9.17) is 5.73 Å². The summed E-state index contributed by atoms with van der Waals surface area (Å²) < 4.78 is 0. The first-order valence-electron chi connectivity index (χ1n) is 5.11. The lowest BCUT2D eigenvalue weighted by atomic mass is 9.64. The van der Waals surface area contributed by atoms with Crippen molar-refractivity contribution in [1.29, 1.82) is 0 Å². The van der Waals surface area contributed by atoms with E-state index in [0.29, 0.717) is 0 Å². The molecule has 1 aliphatic carbocycles.